The van der Waals surface area contributed by atoms with Gasteiger partial charge in [-0.3, -0.25) is 4.79 Å². The molecule has 0 amide bonds. The second-order valence-corrected chi connectivity index (χ2v) is 5.80. The third-order valence-corrected chi connectivity index (χ3v) is 3.98. The molecular formula is C15H20O2Si. The molecule has 0 bridgehead atoms. The number of hydrogen-bond donors (Lipinski definition) is 0. The van der Waals surface area contributed by atoms with Crippen LogP contribution in [0, 0.1) is 5.92 Å². The van der Waals surface area contributed by atoms with Gasteiger partial charge in [0.05, 0.1) is 0 Å². The third kappa shape index (κ3) is 5.25. The van der Waals surface area contributed by atoms with Crippen LogP contribution in [0.5, 0.6) is 0 Å². The van der Waals surface area contributed by atoms with Gasteiger partial charge in [-0.1, -0.05) is 36.4 Å². The molecule has 3 heteroatoms. The highest BCUT2D eigenvalue weighted by atomic mass is 28.2. The van der Waals surface area contributed by atoms with E-state index >= 15 is 0 Å². The van der Waals surface area contributed by atoms with E-state index in [0.29, 0.717) is 11.5 Å². The van der Waals surface area contributed by atoms with E-state index in [1.807, 2.05) is 36.4 Å². The Bertz CT molecular complexity index is 374. The molecule has 18 heavy (non-hydrogen) atoms. The van der Waals surface area contributed by atoms with Gasteiger partial charge in [-0.2, -0.15) is 0 Å². The van der Waals surface area contributed by atoms with E-state index in [1.165, 1.54) is 5.19 Å². The number of carbonyl (C=O) groups excluding carboxylic acids is 1. The van der Waals surface area contributed by atoms with Crippen LogP contribution in [0.3, 0.4) is 0 Å². The topological polar surface area (TPSA) is 26.3 Å². The van der Waals surface area contributed by atoms with Crippen LogP contribution < -0.4 is 5.19 Å². The van der Waals surface area contributed by atoms with E-state index in [0.717, 1.165) is 25.7 Å². The average Bonchev–Trinajstić information content (AvgIpc) is 2.40. The van der Waals surface area contributed by atoms with Crippen molar-refractivity contribution in [3.05, 3.63) is 55.1 Å². The van der Waals surface area contributed by atoms with E-state index in [2.05, 4.69) is 13.2 Å². The minimum absolute atomic E-state index is 0.488. The monoisotopic (exact) mass is 260 g/mol. The summed E-state index contributed by atoms with van der Waals surface area (Å²) in [7, 11) is -0.696. The van der Waals surface area contributed by atoms with Gasteiger partial charge in [-0.15, -0.1) is 13.2 Å². The Morgan fingerprint density at radius 2 is 1.78 bits per heavy atom. The Labute approximate surface area is 111 Å². The third-order valence-electron chi connectivity index (χ3n) is 2.74. The number of benzene rings is 1. The normalized spacial score (nSPS) is 10.9. The van der Waals surface area contributed by atoms with Crippen LogP contribution in [0.25, 0.3) is 0 Å². The molecule has 0 aromatic heterocycles. The molecule has 0 saturated heterocycles. The van der Waals surface area contributed by atoms with Crippen LogP contribution in [0.4, 0.5) is 0 Å². The fourth-order valence-electron chi connectivity index (χ4n) is 1.74. The fourth-order valence-corrected chi connectivity index (χ4v) is 2.85. The molecule has 0 N–H and O–H groups in total. The molecule has 96 valence electrons. The summed E-state index contributed by atoms with van der Waals surface area (Å²) < 4.78 is 5.82. The molecule has 0 radical (unpaired) electrons. The molecule has 0 heterocycles. The van der Waals surface area contributed by atoms with Gasteiger partial charge in [-0.25, -0.2) is 0 Å². The standard InChI is InChI=1S/C15H20O2Si/c1-3-5-14(6-4-2)12-17-18-15-9-7-13(11-16)8-10-15/h3-4,7-11,14H,1-2,5-6,12,18H2. The summed E-state index contributed by atoms with van der Waals surface area (Å²) in [6.45, 7) is 8.28. The first-order valence-corrected chi connectivity index (χ1v) is 7.42. The maximum Gasteiger partial charge on any atom is 0.192 e. The largest absolute Gasteiger partial charge is 0.418 e. The molecule has 0 unspecified atom stereocenters. The number of hydrogen-bond acceptors (Lipinski definition) is 2. The highest BCUT2D eigenvalue weighted by Crippen LogP contribution is 2.09. The quantitative estimate of drug-likeness (QED) is 0.386. The summed E-state index contributed by atoms with van der Waals surface area (Å²) in [5, 5.41) is 1.22. The van der Waals surface area contributed by atoms with Crippen LogP contribution >= 0.6 is 0 Å². The zero-order valence-corrected chi connectivity index (χ0v) is 12.1. The molecule has 0 aliphatic carbocycles. The van der Waals surface area contributed by atoms with Gasteiger partial charge in [-0.05, 0) is 23.9 Å². The average molecular weight is 260 g/mol. The Hall–Kier alpha value is -1.45. The molecule has 1 rings (SSSR count). The summed E-state index contributed by atoms with van der Waals surface area (Å²) in [6, 6.07) is 7.63. The molecular weight excluding hydrogens is 240 g/mol. The van der Waals surface area contributed by atoms with Gasteiger partial charge in [0, 0.05) is 12.2 Å². The summed E-state index contributed by atoms with van der Waals surface area (Å²) in [5.41, 5.74) is 0.712. The van der Waals surface area contributed by atoms with E-state index < -0.39 is 9.76 Å². The van der Waals surface area contributed by atoms with Crippen molar-refractivity contribution in [3.8, 4) is 0 Å². The highest BCUT2D eigenvalue weighted by Gasteiger charge is 2.05. The van der Waals surface area contributed by atoms with Gasteiger partial charge in [0.2, 0.25) is 0 Å². The van der Waals surface area contributed by atoms with Crippen LogP contribution in [0.15, 0.2) is 49.6 Å². The Morgan fingerprint density at radius 1 is 1.17 bits per heavy atom. The molecule has 0 fully saturated rings. The first kappa shape index (κ1) is 14.6. The van der Waals surface area contributed by atoms with E-state index in [-0.39, 0.29) is 0 Å². The van der Waals surface area contributed by atoms with Crippen LogP contribution in [0.1, 0.15) is 23.2 Å². The first-order chi connectivity index (χ1) is 8.80. The number of allylic oxidation sites excluding steroid dienone is 2. The van der Waals surface area contributed by atoms with Gasteiger partial charge in [0.1, 0.15) is 6.29 Å². The fraction of sp³-hybridized carbons (Fsp3) is 0.267. The van der Waals surface area contributed by atoms with Crippen molar-refractivity contribution < 1.29 is 9.22 Å². The molecule has 1 aromatic rings. The Balaban J connectivity index is 2.36. The van der Waals surface area contributed by atoms with Crippen molar-refractivity contribution in [2.45, 2.75) is 12.8 Å². The van der Waals surface area contributed by atoms with E-state index in [9.17, 15) is 4.79 Å². The van der Waals surface area contributed by atoms with E-state index in [4.69, 9.17) is 4.43 Å². The molecule has 0 aliphatic rings. The smallest absolute Gasteiger partial charge is 0.192 e. The van der Waals surface area contributed by atoms with Crippen molar-refractivity contribution in [1.29, 1.82) is 0 Å². The molecule has 1 aromatic carbocycles. The molecule has 0 spiro atoms. The summed E-state index contributed by atoms with van der Waals surface area (Å²) >= 11 is 0. The summed E-state index contributed by atoms with van der Waals surface area (Å²) in [4.78, 5) is 10.5. The van der Waals surface area contributed by atoms with Crippen LogP contribution in [-0.2, 0) is 4.43 Å². The highest BCUT2D eigenvalue weighted by molar-refractivity contribution is 6.46. The lowest BCUT2D eigenvalue weighted by atomic mass is 10.0. The molecule has 0 saturated carbocycles. The number of carbonyl (C=O) groups is 1. The maximum absolute atomic E-state index is 10.5. The predicted octanol–water partition coefficient (Wildman–Crippen LogP) is 1.99. The minimum atomic E-state index is -0.696. The minimum Gasteiger partial charge on any atom is -0.418 e. The van der Waals surface area contributed by atoms with Crippen molar-refractivity contribution in [2.24, 2.45) is 5.92 Å². The second kappa shape index (κ2) is 8.61. The van der Waals surface area contributed by atoms with Gasteiger partial charge in [0.15, 0.2) is 9.76 Å². The summed E-state index contributed by atoms with van der Waals surface area (Å²) in [6.07, 6.45) is 6.64. The summed E-state index contributed by atoms with van der Waals surface area (Å²) in [5.74, 6) is 0.488. The lowest BCUT2D eigenvalue weighted by Crippen LogP contribution is -2.20. The Morgan fingerprint density at radius 3 is 2.28 bits per heavy atom. The molecule has 2 nitrogen and oxygen atoms in total. The number of aldehydes is 1. The first-order valence-electron chi connectivity index (χ1n) is 6.13. The second-order valence-electron chi connectivity index (χ2n) is 4.29. The Kier molecular flexibility index (Phi) is 6.99. The zero-order chi connectivity index (χ0) is 13.2. The molecule has 0 atom stereocenters. The molecule has 0 aliphatic heterocycles. The van der Waals surface area contributed by atoms with Crippen molar-refractivity contribution >= 4 is 21.2 Å². The maximum atomic E-state index is 10.5. The number of rotatable bonds is 9. The van der Waals surface area contributed by atoms with Gasteiger partial charge >= 0.3 is 0 Å². The zero-order valence-electron chi connectivity index (χ0n) is 10.7. The SMILES string of the molecule is C=CCC(CC=C)CO[SiH2]c1ccc(C=O)cc1. The van der Waals surface area contributed by atoms with Crippen molar-refractivity contribution in [3.63, 3.8) is 0 Å². The van der Waals surface area contributed by atoms with Gasteiger partial charge in [0.25, 0.3) is 0 Å². The van der Waals surface area contributed by atoms with Crippen LogP contribution in [-0.4, -0.2) is 22.7 Å². The lowest BCUT2D eigenvalue weighted by Gasteiger charge is -2.13. The van der Waals surface area contributed by atoms with Gasteiger partial charge < -0.3 is 4.43 Å². The lowest BCUT2D eigenvalue weighted by molar-refractivity contribution is 0.112. The van der Waals surface area contributed by atoms with Crippen molar-refractivity contribution in [1.82, 2.24) is 0 Å². The van der Waals surface area contributed by atoms with Crippen LogP contribution in [0.2, 0.25) is 0 Å². The van der Waals surface area contributed by atoms with Crippen molar-refractivity contribution in [2.75, 3.05) is 6.61 Å². The predicted molar refractivity (Wildman–Crippen MR) is 79.1 cm³/mol. The van der Waals surface area contributed by atoms with E-state index in [1.54, 1.807) is 0 Å².